The minimum absolute atomic E-state index is 0.0839. The van der Waals surface area contributed by atoms with Crippen molar-refractivity contribution in [3.63, 3.8) is 0 Å². The highest BCUT2D eigenvalue weighted by Gasteiger charge is 2.06. The van der Waals surface area contributed by atoms with E-state index in [1.165, 1.54) is 6.07 Å². The highest BCUT2D eigenvalue weighted by atomic mass is 19.1. The van der Waals surface area contributed by atoms with Crippen LogP contribution in [0.3, 0.4) is 0 Å². The Hall–Kier alpha value is -1.71. The zero-order chi connectivity index (χ0) is 8.55. The summed E-state index contributed by atoms with van der Waals surface area (Å²) in [6, 6.07) is 2.58. The predicted molar refractivity (Wildman–Crippen MR) is 39.4 cm³/mol. The van der Waals surface area contributed by atoms with Gasteiger partial charge in [-0.2, -0.15) is 0 Å². The molecule has 4 heteroatoms. The summed E-state index contributed by atoms with van der Waals surface area (Å²) in [4.78, 5) is 14.0. The summed E-state index contributed by atoms with van der Waals surface area (Å²) in [6.07, 6.45) is 1.71. The number of hydrogen-bond acceptors (Lipinski definition) is 3. The average Bonchev–Trinajstić information content (AvgIpc) is 2.52. The van der Waals surface area contributed by atoms with Crippen LogP contribution in [0.1, 0.15) is 10.4 Å². The number of benzene rings is 1. The lowest BCUT2D eigenvalue weighted by Crippen LogP contribution is -1.83. The molecule has 0 spiro atoms. The summed E-state index contributed by atoms with van der Waals surface area (Å²) in [5.41, 5.74) is 0.701. The fourth-order valence-electron chi connectivity index (χ4n) is 1.02. The van der Waals surface area contributed by atoms with Crippen molar-refractivity contribution in [1.82, 2.24) is 4.98 Å². The van der Waals surface area contributed by atoms with Crippen LogP contribution in [0.4, 0.5) is 4.39 Å². The maximum absolute atomic E-state index is 13.0. The number of carbonyl (C=O) groups is 1. The van der Waals surface area contributed by atoms with Gasteiger partial charge in [0.1, 0.15) is 11.8 Å². The number of oxazole rings is 1. The first kappa shape index (κ1) is 6.97. The fraction of sp³-hybridized carbons (Fsp3) is 0. The molecule has 1 heterocycles. The minimum atomic E-state index is -0.563. The summed E-state index contributed by atoms with van der Waals surface area (Å²) in [5, 5.41) is 0. The lowest BCUT2D eigenvalue weighted by molar-refractivity contribution is 0.112. The summed E-state index contributed by atoms with van der Waals surface area (Å²) < 4.78 is 17.7. The van der Waals surface area contributed by atoms with E-state index in [0.29, 0.717) is 11.8 Å². The Kier molecular flexibility index (Phi) is 1.40. The van der Waals surface area contributed by atoms with Crippen molar-refractivity contribution in [3.05, 3.63) is 29.9 Å². The molecule has 0 amide bonds. The smallest absolute Gasteiger partial charge is 0.190 e. The number of carbonyl (C=O) groups excluding carboxylic acids is 1. The van der Waals surface area contributed by atoms with Crippen LogP contribution < -0.4 is 0 Å². The van der Waals surface area contributed by atoms with Gasteiger partial charge < -0.3 is 4.42 Å². The van der Waals surface area contributed by atoms with Crippen LogP contribution in [-0.4, -0.2) is 11.3 Å². The molecule has 1 aromatic carbocycles. The molecule has 0 unspecified atom stereocenters. The van der Waals surface area contributed by atoms with E-state index < -0.39 is 5.82 Å². The SMILES string of the molecule is O=Cc1cc(F)c2ocnc2c1. The highest BCUT2D eigenvalue weighted by Crippen LogP contribution is 2.17. The molecule has 0 aliphatic rings. The molecule has 3 nitrogen and oxygen atoms in total. The zero-order valence-electron chi connectivity index (χ0n) is 5.95. The number of halogens is 1. The van der Waals surface area contributed by atoms with Gasteiger partial charge in [0.15, 0.2) is 17.8 Å². The van der Waals surface area contributed by atoms with Crippen LogP contribution in [-0.2, 0) is 0 Å². The Morgan fingerprint density at radius 3 is 3.08 bits per heavy atom. The van der Waals surface area contributed by atoms with Gasteiger partial charge in [0.05, 0.1) is 0 Å². The molecule has 0 aliphatic carbocycles. The second-order valence-electron chi connectivity index (χ2n) is 2.32. The van der Waals surface area contributed by atoms with Crippen LogP contribution in [0.2, 0.25) is 0 Å². The summed E-state index contributed by atoms with van der Waals surface area (Å²) in [5.74, 6) is -0.563. The quantitative estimate of drug-likeness (QED) is 0.605. The Labute approximate surface area is 66.8 Å². The van der Waals surface area contributed by atoms with Crippen molar-refractivity contribution >= 4 is 17.4 Å². The number of aromatic nitrogens is 1. The molecule has 0 N–H and O–H groups in total. The van der Waals surface area contributed by atoms with E-state index in [1.807, 2.05) is 0 Å². The van der Waals surface area contributed by atoms with Gasteiger partial charge >= 0.3 is 0 Å². The Morgan fingerprint density at radius 2 is 2.33 bits per heavy atom. The summed E-state index contributed by atoms with van der Waals surface area (Å²) in [6.45, 7) is 0. The van der Waals surface area contributed by atoms with Gasteiger partial charge in [0.25, 0.3) is 0 Å². The maximum Gasteiger partial charge on any atom is 0.190 e. The van der Waals surface area contributed by atoms with Crippen molar-refractivity contribution in [2.75, 3.05) is 0 Å². The minimum Gasteiger partial charge on any atom is -0.440 e. The molecule has 0 fully saturated rings. The van der Waals surface area contributed by atoms with Crippen molar-refractivity contribution in [3.8, 4) is 0 Å². The largest absolute Gasteiger partial charge is 0.440 e. The van der Waals surface area contributed by atoms with Crippen molar-refractivity contribution in [2.24, 2.45) is 0 Å². The molecule has 0 atom stereocenters. The third kappa shape index (κ3) is 0.887. The molecule has 0 saturated heterocycles. The molecule has 2 aromatic rings. The number of aldehydes is 1. The first-order valence-electron chi connectivity index (χ1n) is 3.29. The Morgan fingerprint density at radius 1 is 1.50 bits per heavy atom. The topological polar surface area (TPSA) is 43.1 Å². The number of hydrogen-bond donors (Lipinski definition) is 0. The average molecular weight is 165 g/mol. The molecule has 1 aromatic heterocycles. The number of fused-ring (bicyclic) bond motifs is 1. The van der Waals surface area contributed by atoms with Crippen molar-refractivity contribution in [1.29, 1.82) is 0 Å². The lowest BCUT2D eigenvalue weighted by Gasteiger charge is -1.91. The third-order valence-electron chi connectivity index (χ3n) is 1.54. The van der Waals surface area contributed by atoms with Gasteiger partial charge in [-0.15, -0.1) is 0 Å². The molecule has 60 valence electrons. The molecular formula is C8H4FNO2. The van der Waals surface area contributed by atoms with E-state index in [0.717, 1.165) is 12.5 Å². The summed E-state index contributed by atoms with van der Waals surface area (Å²) >= 11 is 0. The molecule has 0 saturated carbocycles. The fourth-order valence-corrected chi connectivity index (χ4v) is 1.02. The van der Waals surface area contributed by atoms with Crippen LogP contribution in [0.5, 0.6) is 0 Å². The third-order valence-corrected chi connectivity index (χ3v) is 1.54. The highest BCUT2D eigenvalue weighted by molar-refractivity contribution is 5.83. The van der Waals surface area contributed by atoms with E-state index in [2.05, 4.69) is 4.98 Å². The maximum atomic E-state index is 13.0. The van der Waals surface area contributed by atoms with Gasteiger partial charge in [0, 0.05) is 5.56 Å². The number of nitrogens with zero attached hydrogens (tertiary/aromatic N) is 1. The van der Waals surface area contributed by atoms with Crippen molar-refractivity contribution in [2.45, 2.75) is 0 Å². The van der Waals surface area contributed by atoms with Gasteiger partial charge in [-0.25, -0.2) is 9.37 Å². The van der Waals surface area contributed by atoms with Gasteiger partial charge in [-0.3, -0.25) is 4.79 Å². The van der Waals surface area contributed by atoms with E-state index in [-0.39, 0.29) is 11.1 Å². The molecule has 0 bridgehead atoms. The first-order chi connectivity index (χ1) is 5.81. The monoisotopic (exact) mass is 165 g/mol. The zero-order valence-corrected chi connectivity index (χ0v) is 5.95. The van der Waals surface area contributed by atoms with Gasteiger partial charge in [-0.05, 0) is 12.1 Å². The van der Waals surface area contributed by atoms with Crippen LogP contribution >= 0.6 is 0 Å². The molecule has 0 radical (unpaired) electrons. The molecule has 12 heavy (non-hydrogen) atoms. The van der Waals surface area contributed by atoms with Crippen LogP contribution in [0.25, 0.3) is 11.1 Å². The second-order valence-corrected chi connectivity index (χ2v) is 2.32. The van der Waals surface area contributed by atoms with Gasteiger partial charge in [-0.1, -0.05) is 0 Å². The number of rotatable bonds is 1. The molecular weight excluding hydrogens is 161 g/mol. The second kappa shape index (κ2) is 2.41. The lowest BCUT2D eigenvalue weighted by atomic mass is 10.2. The van der Waals surface area contributed by atoms with E-state index in [9.17, 15) is 9.18 Å². The first-order valence-corrected chi connectivity index (χ1v) is 3.29. The van der Waals surface area contributed by atoms with E-state index >= 15 is 0 Å². The van der Waals surface area contributed by atoms with E-state index in [1.54, 1.807) is 0 Å². The molecule has 0 aliphatic heterocycles. The normalized spacial score (nSPS) is 10.4. The van der Waals surface area contributed by atoms with Gasteiger partial charge in [0.2, 0.25) is 0 Å². The van der Waals surface area contributed by atoms with Crippen LogP contribution in [0.15, 0.2) is 22.9 Å². The van der Waals surface area contributed by atoms with Crippen molar-refractivity contribution < 1.29 is 13.6 Å². The van der Waals surface area contributed by atoms with Crippen LogP contribution in [0, 0.1) is 5.82 Å². The Bertz CT molecular complexity index is 436. The molecule has 2 rings (SSSR count). The standard InChI is InChI=1S/C8H4FNO2/c9-6-1-5(3-11)2-7-8(6)12-4-10-7/h1-4H. The Balaban J connectivity index is 2.83. The predicted octanol–water partition coefficient (Wildman–Crippen LogP) is 1.78. The summed E-state index contributed by atoms with van der Waals surface area (Å²) in [7, 11) is 0. The van der Waals surface area contributed by atoms with E-state index in [4.69, 9.17) is 4.42 Å².